The fourth-order valence-electron chi connectivity index (χ4n) is 2.77. The van der Waals surface area contributed by atoms with E-state index in [1.54, 1.807) is 0 Å². The molecule has 0 atom stereocenters. The number of hydrogen-bond donors (Lipinski definition) is 1. The summed E-state index contributed by atoms with van der Waals surface area (Å²) in [7, 11) is -2.94. The van der Waals surface area contributed by atoms with Crippen molar-refractivity contribution in [3.05, 3.63) is 0 Å². The molecule has 4 heteroatoms. The minimum atomic E-state index is -2.94. The van der Waals surface area contributed by atoms with Gasteiger partial charge in [-0.1, -0.05) is 33.6 Å². The Kier molecular flexibility index (Phi) is 5.02. The Labute approximate surface area is 106 Å². The molecule has 1 saturated carbocycles. The molecule has 0 unspecified atom stereocenters. The summed E-state index contributed by atoms with van der Waals surface area (Å²) >= 11 is 0. The molecule has 1 aliphatic carbocycles. The van der Waals surface area contributed by atoms with Crippen LogP contribution in [0.1, 0.15) is 46.5 Å². The normalized spacial score (nSPS) is 29.4. The zero-order valence-electron chi connectivity index (χ0n) is 11.6. The van der Waals surface area contributed by atoms with E-state index in [4.69, 9.17) is 0 Å². The van der Waals surface area contributed by atoms with E-state index in [-0.39, 0.29) is 0 Å². The maximum absolute atomic E-state index is 11.9. The highest BCUT2D eigenvalue weighted by atomic mass is 32.2. The van der Waals surface area contributed by atoms with Crippen LogP contribution in [0.4, 0.5) is 0 Å². The molecule has 0 aromatic heterocycles. The van der Waals surface area contributed by atoms with Gasteiger partial charge in [-0.2, -0.15) is 0 Å². The van der Waals surface area contributed by atoms with Crippen LogP contribution in [0, 0.1) is 11.8 Å². The summed E-state index contributed by atoms with van der Waals surface area (Å²) in [6.07, 6.45) is 5.42. The lowest BCUT2D eigenvalue weighted by molar-refractivity contribution is 0.197. The van der Waals surface area contributed by atoms with Gasteiger partial charge in [-0.05, 0) is 31.2 Å². The Hall–Kier alpha value is -0.0900. The van der Waals surface area contributed by atoms with Crippen molar-refractivity contribution in [3.63, 3.8) is 0 Å². The summed E-state index contributed by atoms with van der Waals surface area (Å²) in [5, 5.41) is 3.32. The number of nitrogens with one attached hydrogen (secondary N) is 1. The molecule has 0 heterocycles. The largest absolute Gasteiger partial charge is 0.315 e. The van der Waals surface area contributed by atoms with Crippen LogP contribution in [0.5, 0.6) is 0 Å². The van der Waals surface area contributed by atoms with Gasteiger partial charge in [-0.15, -0.1) is 0 Å². The van der Waals surface area contributed by atoms with Gasteiger partial charge >= 0.3 is 0 Å². The molecular weight excluding hydrogens is 234 g/mol. The molecule has 3 nitrogen and oxygen atoms in total. The molecule has 17 heavy (non-hydrogen) atoms. The highest BCUT2D eigenvalue weighted by Gasteiger charge is 2.50. The molecule has 0 aromatic rings. The molecule has 1 N–H and O–H groups in total. The predicted molar refractivity (Wildman–Crippen MR) is 72.9 cm³/mol. The third-order valence-corrected chi connectivity index (χ3v) is 5.86. The van der Waals surface area contributed by atoms with Crippen LogP contribution in [0.25, 0.3) is 0 Å². The van der Waals surface area contributed by atoms with E-state index in [1.807, 2.05) is 0 Å². The maximum Gasteiger partial charge on any atom is 0.154 e. The van der Waals surface area contributed by atoms with Crippen molar-refractivity contribution < 1.29 is 8.42 Å². The van der Waals surface area contributed by atoms with Crippen LogP contribution in [0.15, 0.2) is 0 Å². The topological polar surface area (TPSA) is 46.2 Å². The lowest BCUT2D eigenvalue weighted by Crippen LogP contribution is -2.56. The van der Waals surface area contributed by atoms with Gasteiger partial charge in [0, 0.05) is 12.8 Å². The minimum absolute atomic E-state index is 0.471. The second-order valence-corrected chi connectivity index (χ2v) is 8.45. The van der Waals surface area contributed by atoms with Crippen LogP contribution in [0.2, 0.25) is 0 Å². The predicted octanol–water partition coefficient (Wildman–Crippen LogP) is 2.23. The molecular formula is C13H27NO2S. The smallest absolute Gasteiger partial charge is 0.154 e. The van der Waals surface area contributed by atoms with Crippen molar-refractivity contribution >= 4 is 9.84 Å². The van der Waals surface area contributed by atoms with Gasteiger partial charge in [0.25, 0.3) is 0 Å². The van der Waals surface area contributed by atoms with Crippen molar-refractivity contribution in [1.29, 1.82) is 0 Å². The first-order valence-electron chi connectivity index (χ1n) is 6.71. The maximum atomic E-state index is 11.9. The molecule has 0 amide bonds. The van der Waals surface area contributed by atoms with E-state index < -0.39 is 14.6 Å². The van der Waals surface area contributed by atoms with Crippen molar-refractivity contribution in [3.8, 4) is 0 Å². The molecule has 0 aliphatic heterocycles. The molecule has 0 radical (unpaired) electrons. The molecule has 0 aromatic carbocycles. The Bertz CT molecular complexity index is 329. The highest BCUT2D eigenvalue weighted by Crippen LogP contribution is 2.45. The van der Waals surface area contributed by atoms with Crippen molar-refractivity contribution in [1.82, 2.24) is 5.32 Å². The molecule has 102 valence electrons. The van der Waals surface area contributed by atoms with Crippen LogP contribution >= 0.6 is 0 Å². The lowest BCUT2D eigenvalue weighted by atomic mass is 9.72. The standard InChI is InChI=1S/C13H27NO2S/c1-5-6-12-7-13(8-12,17(4,15)16)10-14-9-11(2)3/h11-12,14H,5-10H2,1-4H3. The van der Waals surface area contributed by atoms with E-state index in [1.165, 1.54) is 12.7 Å². The van der Waals surface area contributed by atoms with Gasteiger partial charge < -0.3 is 5.32 Å². The monoisotopic (exact) mass is 261 g/mol. The average Bonchev–Trinajstić information content (AvgIpc) is 2.10. The first-order valence-corrected chi connectivity index (χ1v) is 8.60. The third kappa shape index (κ3) is 3.68. The summed E-state index contributed by atoms with van der Waals surface area (Å²) in [5.41, 5.74) is 0. The average molecular weight is 261 g/mol. The minimum Gasteiger partial charge on any atom is -0.315 e. The number of hydrogen-bond acceptors (Lipinski definition) is 3. The zero-order chi connectivity index (χ0) is 13.1. The molecule has 0 bridgehead atoms. The van der Waals surface area contributed by atoms with Crippen LogP contribution < -0.4 is 5.32 Å². The second kappa shape index (κ2) is 5.70. The Morgan fingerprint density at radius 1 is 1.35 bits per heavy atom. The number of sulfone groups is 1. The van der Waals surface area contributed by atoms with Crippen LogP contribution in [-0.2, 0) is 9.84 Å². The first-order chi connectivity index (χ1) is 7.81. The first kappa shape index (κ1) is 15.0. The second-order valence-electron chi connectivity index (χ2n) is 6.04. The summed E-state index contributed by atoms with van der Waals surface area (Å²) in [5.74, 6) is 1.19. The van der Waals surface area contributed by atoms with Crippen LogP contribution in [0.3, 0.4) is 0 Å². The molecule has 1 fully saturated rings. The van der Waals surface area contributed by atoms with E-state index in [9.17, 15) is 8.42 Å². The van der Waals surface area contributed by atoms with Gasteiger partial charge in [-0.25, -0.2) is 8.42 Å². The molecule has 1 rings (SSSR count). The van der Waals surface area contributed by atoms with Crippen molar-refractivity contribution in [2.24, 2.45) is 11.8 Å². The quantitative estimate of drug-likeness (QED) is 0.764. The summed E-state index contributed by atoms with van der Waals surface area (Å²) in [6, 6.07) is 0. The van der Waals surface area contributed by atoms with E-state index in [2.05, 4.69) is 26.1 Å². The lowest BCUT2D eigenvalue weighted by Gasteiger charge is -2.46. The molecule has 0 saturated heterocycles. The van der Waals surface area contributed by atoms with E-state index >= 15 is 0 Å². The van der Waals surface area contributed by atoms with Crippen LogP contribution in [-0.4, -0.2) is 32.5 Å². The number of rotatable bonds is 7. The van der Waals surface area contributed by atoms with Gasteiger partial charge in [0.1, 0.15) is 0 Å². The van der Waals surface area contributed by atoms with Crippen molar-refractivity contribution in [2.75, 3.05) is 19.3 Å². The third-order valence-electron chi connectivity index (χ3n) is 3.80. The molecule has 1 aliphatic rings. The SMILES string of the molecule is CCCC1CC(CNCC(C)C)(S(C)(=O)=O)C1. The molecule has 0 spiro atoms. The van der Waals surface area contributed by atoms with Gasteiger partial charge in [0.2, 0.25) is 0 Å². The van der Waals surface area contributed by atoms with Gasteiger partial charge in [0.05, 0.1) is 4.75 Å². The van der Waals surface area contributed by atoms with E-state index in [0.717, 1.165) is 25.8 Å². The fraction of sp³-hybridized carbons (Fsp3) is 1.00. The summed E-state index contributed by atoms with van der Waals surface area (Å²) in [4.78, 5) is 0. The Morgan fingerprint density at radius 2 is 1.94 bits per heavy atom. The van der Waals surface area contributed by atoms with Gasteiger partial charge in [-0.3, -0.25) is 0 Å². The Balaban J connectivity index is 2.53. The highest BCUT2D eigenvalue weighted by molar-refractivity contribution is 7.92. The van der Waals surface area contributed by atoms with Crippen molar-refractivity contribution in [2.45, 2.75) is 51.2 Å². The van der Waals surface area contributed by atoms with Gasteiger partial charge in [0.15, 0.2) is 9.84 Å². The summed E-state index contributed by atoms with van der Waals surface area (Å²) in [6.45, 7) is 7.97. The summed E-state index contributed by atoms with van der Waals surface area (Å²) < 4.78 is 23.4. The Morgan fingerprint density at radius 3 is 2.35 bits per heavy atom. The zero-order valence-corrected chi connectivity index (χ0v) is 12.4. The fourth-order valence-corrected chi connectivity index (χ4v) is 4.21. The van der Waals surface area contributed by atoms with E-state index in [0.29, 0.717) is 18.4 Å².